The number of nitrogens with zero attached hydrogens (tertiary/aromatic N) is 3. The van der Waals surface area contributed by atoms with E-state index >= 15 is 0 Å². The van der Waals surface area contributed by atoms with Crippen molar-refractivity contribution in [1.82, 2.24) is 9.21 Å². The Bertz CT molecular complexity index is 1110. The molecule has 9 nitrogen and oxygen atoms in total. The third-order valence-electron chi connectivity index (χ3n) is 5.48. The van der Waals surface area contributed by atoms with Crippen molar-refractivity contribution >= 4 is 21.6 Å². The molecule has 1 fully saturated rings. The summed E-state index contributed by atoms with van der Waals surface area (Å²) < 4.78 is 32.4. The molecule has 0 N–H and O–H groups in total. The van der Waals surface area contributed by atoms with Gasteiger partial charge in [0.05, 0.1) is 9.82 Å². The van der Waals surface area contributed by atoms with Crippen LogP contribution < -0.4 is 4.74 Å². The molecule has 2 aromatic carbocycles. The van der Waals surface area contributed by atoms with Crippen molar-refractivity contribution < 1.29 is 22.9 Å². The van der Waals surface area contributed by atoms with Crippen molar-refractivity contribution in [2.45, 2.75) is 50.6 Å². The van der Waals surface area contributed by atoms with Crippen LogP contribution in [0.1, 0.15) is 39.2 Å². The number of carbonyl (C=O) groups is 1. The van der Waals surface area contributed by atoms with Crippen LogP contribution in [0.4, 0.5) is 5.69 Å². The van der Waals surface area contributed by atoms with E-state index in [4.69, 9.17) is 4.74 Å². The quantitative estimate of drug-likeness (QED) is 0.426. The number of hydrogen-bond acceptors (Lipinski definition) is 6. The zero-order valence-corrected chi connectivity index (χ0v) is 19.9. The molecule has 0 radical (unpaired) electrons. The summed E-state index contributed by atoms with van der Waals surface area (Å²) in [4.78, 5) is 25.4. The number of nitro benzene ring substituents is 1. The van der Waals surface area contributed by atoms with E-state index < -0.39 is 32.8 Å². The fraction of sp³-hybridized carbons (Fsp3) is 0.435. The van der Waals surface area contributed by atoms with Gasteiger partial charge in [-0.25, -0.2) is 8.42 Å². The number of sulfonamides is 1. The van der Waals surface area contributed by atoms with Gasteiger partial charge in [0.15, 0.2) is 12.4 Å². The maximum atomic E-state index is 13.0. The van der Waals surface area contributed by atoms with Crippen molar-refractivity contribution in [3.63, 3.8) is 0 Å². The highest BCUT2D eigenvalue weighted by Gasteiger charge is 2.31. The summed E-state index contributed by atoms with van der Waals surface area (Å²) in [5.74, 6) is -0.489. The highest BCUT2D eigenvalue weighted by Crippen LogP contribution is 2.32. The van der Waals surface area contributed by atoms with Gasteiger partial charge in [0.25, 0.3) is 5.91 Å². The first kappa shape index (κ1) is 24.7. The molecule has 10 heteroatoms. The Balaban J connectivity index is 1.79. The van der Waals surface area contributed by atoms with Gasteiger partial charge in [-0.05, 0) is 51.3 Å². The lowest BCUT2D eigenvalue weighted by Gasteiger charge is -2.35. The van der Waals surface area contributed by atoms with Crippen LogP contribution in [0.25, 0.3) is 0 Å². The molecule has 1 heterocycles. The summed E-state index contributed by atoms with van der Waals surface area (Å²) in [6.07, 6.45) is 1.52. The second kappa shape index (κ2) is 9.88. The van der Waals surface area contributed by atoms with Gasteiger partial charge in [-0.2, -0.15) is 4.31 Å². The van der Waals surface area contributed by atoms with E-state index in [9.17, 15) is 23.3 Å². The van der Waals surface area contributed by atoms with Crippen molar-refractivity contribution in [3.05, 3.63) is 64.2 Å². The van der Waals surface area contributed by atoms with Crippen molar-refractivity contribution in [1.29, 1.82) is 0 Å². The zero-order valence-electron chi connectivity index (χ0n) is 19.1. The first-order chi connectivity index (χ1) is 15.5. The molecule has 33 heavy (non-hydrogen) atoms. The topological polar surface area (TPSA) is 110 Å². The van der Waals surface area contributed by atoms with Crippen LogP contribution in [0.2, 0.25) is 0 Å². The molecular formula is C23H29N3O6S. The SMILES string of the molecule is CC(C)(C)N(Cc1ccccc1)C(=O)COc1ccc(S(=O)(=O)N2CCCC2)cc1[N+](=O)[O-]. The lowest BCUT2D eigenvalue weighted by molar-refractivity contribution is -0.386. The minimum absolute atomic E-state index is 0.151. The van der Waals surface area contributed by atoms with Crippen LogP contribution in [0.15, 0.2) is 53.4 Å². The van der Waals surface area contributed by atoms with E-state index in [0.717, 1.165) is 24.5 Å². The van der Waals surface area contributed by atoms with E-state index in [-0.39, 0.29) is 16.6 Å². The highest BCUT2D eigenvalue weighted by molar-refractivity contribution is 7.89. The summed E-state index contributed by atoms with van der Waals surface area (Å²) in [6.45, 7) is 6.43. The molecule has 1 aliphatic heterocycles. The van der Waals surface area contributed by atoms with E-state index in [2.05, 4.69) is 0 Å². The Labute approximate surface area is 194 Å². The Morgan fingerprint density at radius 1 is 1.12 bits per heavy atom. The lowest BCUT2D eigenvalue weighted by atomic mass is 10.0. The molecule has 0 saturated carbocycles. The summed E-state index contributed by atoms with van der Waals surface area (Å²) >= 11 is 0. The molecule has 1 saturated heterocycles. The monoisotopic (exact) mass is 475 g/mol. The number of amides is 1. The van der Waals surface area contributed by atoms with E-state index in [1.165, 1.54) is 16.4 Å². The summed E-state index contributed by atoms with van der Waals surface area (Å²) in [5, 5.41) is 11.6. The summed E-state index contributed by atoms with van der Waals surface area (Å²) in [7, 11) is -3.81. The largest absolute Gasteiger partial charge is 0.477 e. The Morgan fingerprint density at radius 2 is 1.76 bits per heavy atom. The average molecular weight is 476 g/mol. The molecule has 1 aliphatic rings. The molecule has 0 spiro atoms. The molecule has 3 rings (SSSR count). The second-order valence-electron chi connectivity index (χ2n) is 8.92. The number of benzene rings is 2. The van der Waals surface area contributed by atoms with Gasteiger partial charge >= 0.3 is 5.69 Å². The summed E-state index contributed by atoms with van der Waals surface area (Å²) in [5.41, 5.74) is -0.0488. The lowest BCUT2D eigenvalue weighted by Crippen LogP contribution is -2.47. The van der Waals surface area contributed by atoms with Crippen molar-refractivity contribution in [2.75, 3.05) is 19.7 Å². The smallest absolute Gasteiger partial charge is 0.312 e. The van der Waals surface area contributed by atoms with Crippen LogP contribution in [-0.2, 0) is 21.4 Å². The predicted molar refractivity (Wildman–Crippen MR) is 123 cm³/mol. The van der Waals surface area contributed by atoms with Crippen LogP contribution in [0.5, 0.6) is 5.75 Å². The van der Waals surface area contributed by atoms with Crippen molar-refractivity contribution in [3.8, 4) is 5.75 Å². The van der Waals surface area contributed by atoms with Crippen LogP contribution >= 0.6 is 0 Å². The number of carbonyl (C=O) groups excluding carboxylic acids is 1. The molecule has 0 aromatic heterocycles. The van der Waals surface area contributed by atoms with Crippen molar-refractivity contribution in [2.24, 2.45) is 0 Å². The van der Waals surface area contributed by atoms with E-state index in [1.807, 2.05) is 51.1 Å². The molecular weight excluding hydrogens is 446 g/mol. The van der Waals surface area contributed by atoms with Crippen LogP contribution in [0.3, 0.4) is 0 Å². The maximum absolute atomic E-state index is 13.0. The molecule has 0 bridgehead atoms. The standard InChI is InChI=1S/C23H29N3O6S/c1-23(2,3)25(16-18-9-5-4-6-10-18)22(27)17-32-21-12-11-19(15-20(21)26(28)29)33(30,31)24-13-7-8-14-24/h4-6,9-12,15H,7-8,13-14,16-17H2,1-3H3. The Morgan fingerprint density at radius 3 is 2.33 bits per heavy atom. The molecule has 2 aromatic rings. The number of hydrogen-bond donors (Lipinski definition) is 0. The molecule has 0 atom stereocenters. The zero-order chi connectivity index (χ0) is 24.2. The van der Waals surface area contributed by atoms with Gasteiger partial charge in [-0.3, -0.25) is 14.9 Å². The van der Waals surface area contributed by atoms with Crippen LogP contribution in [0, 0.1) is 10.1 Å². The van der Waals surface area contributed by atoms with Gasteiger partial charge in [0.2, 0.25) is 10.0 Å². The van der Waals surface area contributed by atoms with Gasteiger partial charge in [-0.15, -0.1) is 0 Å². The molecule has 1 amide bonds. The normalized spacial score (nSPS) is 14.8. The first-order valence-electron chi connectivity index (χ1n) is 10.8. The first-order valence-corrected chi connectivity index (χ1v) is 12.2. The molecule has 0 unspecified atom stereocenters. The van der Waals surface area contributed by atoms with Gasteiger partial charge in [0.1, 0.15) is 0 Å². The Hall–Kier alpha value is -2.98. The number of nitro groups is 1. The Kier molecular flexibility index (Phi) is 7.38. The van der Waals surface area contributed by atoms with E-state index in [0.29, 0.717) is 19.6 Å². The fourth-order valence-corrected chi connectivity index (χ4v) is 5.22. The number of ether oxygens (including phenoxy) is 1. The average Bonchev–Trinajstić information content (AvgIpc) is 3.31. The fourth-order valence-electron chi connectivity index (χ4n) is 3.68. The van der Waals surface area contributed by atoms with Gasteiger partial charge in [0, 0.05) is 31.2 Å². The van der Waals surface area contributed by atoms with Gasteiger partial charge in [-0.1, -0.05) is 30.3 Å². The van der Waals surface area contributed by atoms with Crippen LogP contribution in [-0.4, -0.2) is 53.7 Å². The minimum Gasteiger partial charge on any atom is -0.477 e. The third-order valence-corrected chi connectivity index (χ3v) is 7.37. The third kappa shape index (κ3) is 5.88. The summed E-state index contributed by atoms with van der Waals surface area (Å²) in [6, 6.07) is 13.0. The van der Waals surface area contributed by atoms with Gasteiger partial charge < -0.3 is 9.64 Å². The molecule has 178 valence electrons. The highest BCUT2D eigenvalue weighted by atomic mass is 32.2. The predicted octanol–water partition coefficient (Wildman–Crippen LogP) is 3.59. The minimum atomic E-state index is -3.81. The maximum Gasteiger partial charge on any atom is 0.312 e. The second-order valence-corrected chi connectivity index (χ2v) is 10.9. The van der Waals surface area contributed by atoms with E-state index in [1.54, 1.807) is 4.90 Å². The molecule has 0 aliphatic carbocycles. The number of rotatable bonds is 8.